The molecule has 0 radical (unpaired) electrons. The van der Waals surface area contributed by atoms with E-state index in [-0.39, 0.29) is 0 Å². The summed E-state index contributed by atoms with van der Waals surface area (Å²) in [7, 11) is 0. The van der Waals surface area contributed by atoms with Gasteiger partial charge >= 0.3 is 0 Å². The molecule has 0 aromatic carbocycles. The second-order valence-corrected chi connectivity index (χ2v) is 0.916. The van der Waals surface area contributed by atoms with Crippen LogP contribution in [0, 0.1) is 0 Å². The van der Waals surface area contributed by atoms with Gasteiger partial charge in [0.2, 0.25) is 0 Å². The van der Waals surface area contributed by atoms with E-state index in [9.17, 15) is 4.79 Å². The topological polar surface area (TPSA) is 26.3 Å². The van der Waals surface area contributed by atoms with Gasteiger partial charge in [-0.1, -0.05) is 6.58 Å². The summed E-state index contributed by atoms with van der Waals surface area (Å²) in [5.74, 6) is 0.421. The van der Waals surface area contributed by atoms with Gasteiger partial charge in [0.15, 0.2) is 0 Å². The quantitative estimate of drug-likeness (QED) is 0.365. The van der Waals surface area contributed by atoms with Crippen molar-refractivity contribution >= 4 is 6.47 Å². The summed E-state index contributed by atoms with van der Waals surface area (Å²) in [4.78, 5) is 9.33. The summed E-state index contributed by atoms with van der Waals surface area (Å²) in [5.41, 5.74) is 0. The van der Waals surface area contributed by atoms with E-state index in [0.29, 0.717) is 12.2 Å². The van der Waals surface area contributed by atoms with Gasteiger partial charge in [0.1, 0.15) is 0 Å². The van der Waals surface area contributed by atoms with Crippen LogP contribution in [0.5, 0.6) is 0 Å². The molecular weight excluding hydrogens is 80.0 g/mol. The van der Waals surface area contributed by atoms with Crippen molar-refractivity contribution in [3.05, 3.63) is 12.3 Å². The molecule has 6 heavy (non-hydrogen) atoms. The molecule has 2 heteroatoms. The lowest BCUT2D eigenvalue weighted by molar-refractivity contribution is -0.124. The fraction of sp³-hybridized carbons (Fsp3) is 0.250. The van der Waals surface area contributed by atoms with Crippen LogP contribution in [-0.2, 0) is 9.53 Å². The van der Waals surface area contributed by atoms with Gasteiger partial charge in [-0.25, -0.2) is 0 Å². The van der Waals surface area contributed by atoms with Crippen molar-refractivity contribution in [1.82, 2.24) is 0 Å². The standard InChI is InChI=1S/C4H6O2/c1-4(2)6-3-5/h3H,1H2,2H3. The first kappa shape index (κ1) is 5.21. The molecule has 0 amide bonds. The lowest BCUT2D eigenvalue weighted by Crippen LogP contribution is -1.78. The Morgan fingerprint density at radius 2 is 2.50 bits per heavy atom. The van der Waals surface area contributed by atoms with Crippen LogP contribution in [0.4, 0.5) is 0 Å². The van der Waals surface area contributed by atoms with E-state index in [1.165, 1.54) is 0 Å². The van der Waals surface area contributed by atoms with E-state index in [4.69, 9.17) is 0 Å². The normalized spacial score (nSPS) is 6.83. The highest BCUT2D eigenvalue weighted by atomic mass is 16.5. The van der Waals surface area contributed by atoms with Crippen molar-refractivity contribution in [2.24, 2.45) is 0 Å². The zero-order valence-electron chi connectivity index (χ0n) is 3.60. The third-order valence-electron chi connectivity index (χ3n) is 0.249. The maximum Gasteiger partial charge on any atom is 0.298 e. The van der Waals surface area contributed by atoms with Crippen molar-refractivity contribution in [1.29, 1.82) is 0 Å². The minimum atomic E-state index is 0.350. The Hall–Kier alpha value is -0.790. The first-order valence-corrected chi connectivity index (χ1v) is 1.53. The van der Waals surface area contributed by atoms with E-state index in [1.54, 1.807) is 6.92 Å². The van der Waals surface area contributed by atoms with Crippen molar-refractivity contribution in [2.45, 2.75) is 6.92 Å². The number of ether oxygens (including phenoxy) is 1. The largest absolute Gasteiger partial charge is 0.434 e. The van der Waals surface area contributed by atoms with E-state index in [2.05, 4.69) is 11.3 Å². The van der Waals surface area contributed by atoms with Crippen molar-refractivity contribution in [2.75, 3.05) is 0 Å². The average molecular weight is 86.1 g/mol. The zero-order valence-corrected chi connectivity index (χ0v) is 3.60. The van der Waals surface area contributed by atoms with Crippen LogP contribution >= 0.6 is 0 Å². The highest BCUT2D eigenvalue weighted by molar-refractivity contribution is 5.39. The van der Waals surface area contributed by atoms with Gasteiger partial charge in [-0.3, -0.25) is 4.79 Å². The maximum absolute atomic E-state index is 9.33. The van der Waals surface area contributed by atoms with Crippen molar-refractivity contribution in [3.8, 4) is 0 Å². The summed E-state index contributed by atoms with van der Waals surface area (Å²) in [6.45, 7) is 5.25. The second kappa shape index (κ2) is 2.45. The molecule has 0 atom stereocenters. The number of carbonyl (C=O) groups excluding carboxylic acids is 1. The Balaban J connectivity index is 3.05. The molecule has 0 aliphatic carbocycles. The molecule has 0 aliphatic heterocycles. The first-order chi connectivity index (χ1) is 2.77. The molecule has 0 saturated carbocycles. The van der Waals surface area contributed by atoms with Crippen LogP contribution in [-0.4, -0.2) is 6.47 Å². The smallest absolute Gasteiger partial charge is 0.298 e. The summed E-state index contributed by atoms with van der Waals surface area (Å²) >= 11 is 0. The van der Waals surface area contributed by atoms with Crippen LogP contribution in [0.3, 0.4) is 0 Å². The maximum atomic E-state index is 9.33. The van der Waals surface area contributed by atoms with Gasteiger partial charge in [-0.15, -0.1) is 0 Å². The molecule has 0 aromatic rings. The van der Waals surface area contributed by atoms with Crippen LogP contribution in [0.25, 0.3) is 0 Å². The van der Waals surface area contributed by atoms with Gasteiger partial charge in [0.05, 0.1) is 5.76 Å². The summed E-state index contributed by atoms with van der Waals surface area (Å²) in [5, 5.41) is 0. The molecule has 0 fully saturated rings. The monoisotopic (exact) mass is 86.0 g/mol. The summed E-state index contributed by atoms with van der Waals surface area (Å²) in [6.07, 6.45) is 0. The van der Waals surface area contributed by atoms with E-state index >= 15 is 0 Å². The molecule has 34 valence electrons. The molecule has 0 unspecified atom stereocenters. The summed E-state index contributed by atoms with van der Waals surface area (Å²) in [6, 6.07) is 0. The predicted molar refractivity (Wildman–Crippen MR) is 22.0 cm³/mol. The number of allylic oxidation sites excluding steroid dienone is 1. The average Bonchev–Trinajstić information content (AvgIpc) is 1.35. The third kappa shape index (κ3) is 3.21. The van der Waals surface area contributed by atoms with E-state index in [0.717, 1.165) is 0 Å². The zero-order chi connectivity index (χ0) is 4.99. The van der Waals surface area contributed by atoms with Crippen molar-refractivity contribution < 1.29 is 9.53 Å². The fourth-order valence-electron chi connectivity index (χ4n) is 0.0821. The Morgan fingerprint density at radius 1 is 2.00 bits per heavy atom. The Morgan fingerprint density at radius 3 is 2.50 bits per heavy atom. The Bertz CT molecular complexity index is 65.9. The summed E-state index contributed by atoms with van der Waals surface area (Å²) < 4.78 is 4.17. The van der Waals surface area contributed by atoms with Crippen LogP contribution in [0.2, 0.25) is 0 Å². The Kier molecular flexibility index (Phi) is 2.13. The molecule has 0 heterocycles. The molecule has 0 rings (SSSR count). The lowest BCUT2D eigenvalue weighted by Gasteiger charge is -1.86. The second-order valence-electron chi connectivity index (χ2n) is 0.916. The van der Waals surface area contributed by atoms with Crippen LogP contribution in [0.1, 0.15) is 6.92 Å². The molecule has 0 saturated heterocycles. The molecule has 0 N–H and O–H groups in total. The van der Waals surface area contributed by atoms with Gasteiger partial charge < -0.3 is 4.74 Å². The molecular formula is C4H6O2. The van der Waals surface area contributed by atoms with Gasteiger partial charge in [-0.2, -0.15) is 0 Å². The highest BCUT2D eigenvalue weighted by Gasteiger charge is 1.72. The first-order valence-electron chi connectivity index (χ1n) is 1.53. The van der Waals surface area contributed by atoms with Crippen LogP contribution < -0.4 is 0 Å². The predicted octanol–water partition coefficient (Wildman–Crippen LogP) is 0.693. The number of carbonyl (C=O) groups is 1. The Labute approximate surface area is 36.4 Å². The minimum absolute atomic E-state index is 0.350. The van der Waals surface area contributed by atoms with Gasteiger partial charge in [-0.05, 0) is 6.92 Å². The van der Waals surface area contributed by atoms with Crippen LogP contribution in [0.15, 0.2) is 12.3 Å². The van der Waals surface area contributed by atoms with Gasteiger partial charge in [0, 0.05) is 0 Å². The SMILES string of the molecule is C=C(C)OC=O. The third-order valence-corrected chi connectivity index (χ3v) is 0.249. The molecule has 2 nitrogen and oxygen atoms in total. The van der Waals surface area contributed by atoms with Gasteiger partial charge in [0.25, 0.3) is 6.47 Å². The highest BCUT2D eigenvalue weighted by Crippen LogP contribution is 1.81. The molecule has 0 bridgehead atoms. The van der Waals surface area contributed by atoms with E-state index in [1.807, 2.05) is 0 Å². The van der Waals surface area contributed by atoms with Crippen molar-refractivity contribution in [3.63, 3.8) is 0 Å². The lowest BCUT2D eigenvalue weighted by atomic mass is 10.7. The number of hydrogen-bond donors (Lipinski definition) is 0. The number of hydrogen-bond acceptors (Lipinski definition) is 2. The minimum Gasteiger partial charge on any atom is -0.434 e. The fourth-order valence-corrected chi connectivity index (χ4v) is 0.0821. The molecule has 0 aromatic heterocycles. The van der Waals surface area contributed by atoms with E-state index < -0.39 is 0 Å². The molecule has 0 spiro atoms. The number of rotatable bonds is 2. The molecule has 0 aliphatic rings.